The number of azo groups is 1. The highest BCUT2D eigenvalue weighted by Crippen LogP contribution is 2.36. The summed E-state index contributed by atoms with van der Waals surface area (Å²) in [6, 6.07) is 13.5. The van der Waals surface area contributed by atoms with E-state index >= 15 is 0 Å². The molecule has 0 aliphatic rings. The first kappa shape index (κ1) is 16.2. The molecule has 0 fully saturated rings. The standard InChI is InChI=1S/C18H10BrN3O4/c19-10-5-6-13-11(8-10)15(17(24)20-13)21-22-16(23)12-7-9-3-1-2-4-14(9)26-18(12)25/h1-8,20,24H. The van der Waals surface area contributed by atoms with Crippen molar-refractivity contribution in [3.63, 3.8) is 0 Å². The number of aromatic nitrogens is 1. The second-order valence-electron chi connectivity index (χ2n) is 5.50. The van der Waals surface area contributed by atoms with E-state index in [1.807, 2.05) is 0 Å². The van der Waals surface area contributed by atoms with Gasteiger partial charge < -0.3 is 14.5 Å². The summed E-state index contributed by atoms with van der Waals surface area (Å²) in [6.07, 6.45) is 0. The number of amides is 1. The summed E-state index contributed by atoms with van der Waals surface area (Å²) < 4.78 is 5.90. The molecule has 0 radical (unpaired) electrons. The van der Waals surface area contributed by atoms with Crippen LogP contribution in [0.2, 0.25) is 0 Å². The lowest BCUT2D eigenvalue weighted by Crippen LogP contribution is -2.11. The minimum absolute atomic E-state index is 0.111. The van der Waals surface area contributed by atoms with Gasteiger partial charge >= 0.3 is 11.5 Å². The van der Waals surface area contributed by atoms with E-state index in [4.69, 9.17) is 4.42 Å². The number of carbonyl (C=O) groups is 1. The topological polar surface area (TPSA) is 108 Å². The number of para-hydroxylation sites is 1. The van der Waals surface area contributed by atoms with Gasteiger partial charge in [0.15, 0.2) is 5.69 Å². The molecular weight excluding hydrogens is 402 g/mol. The lowest BCUT2D eigenvalue weighted by Gasteiger charge is -1.98. The highest BCUT2D eigenvalue weighted by atomic mass is 79.9. The van der Waals surface area contributed by atoms with Crippen molar-refractivity contribution in [1.82, 2.24) is 4.98 Å². The van der Waals surface area contributed by atoms with Crippen molar-refractivity contribution in [3.8, 4) is 5.88 Å². The van der Waals surface area contributed by atoms with E-state index in [0.29, 0.717) is 21.9 Å². The van der Waals surface area contributed by atoms with Gasteiger partial charge in [-0.05, 0) is 30.3 Å². The zero-order valence-corrected chi connectivity index (χ0v) is 14.6. The average molecular weight is 412 g/mol. The normalized spacial score (nSPS) is 11.6. The Kier molecular flexibility index (Phi) is 3.89. The second kappa shape index (κ2) is 6.23. The third kappa shape index (κ3) is 2.80. The van der Waals surface area contributed by atoms with Crippen molar-refractivity contribution in [2.45, 2.75) is 0 Å². The fourth-order valence-corrected chi connectivity index (χ4v) is 2.96. The second-order valence-corrected chi connectivity index (χ2v) is 6.42. The number of halogens is 1. The Bertz CT molecular complexity index is 1260. The van der Waals surface area contributed by atoms with E-state index in [9.17, 15) is 14.7 Å². The lowest BCUT2D eigenvalue weighted by atomic mass is 10.2. The third-order valence-electron chi connectivity index (χ3n) is 3.83. The zero-order chi connectivity index (χ0) is 18.3. The molecule has 2 N–H and O–H groups in total. The third-order valence-corrected chi connectivity index (χ3v) is 4.32. The van der Waals surface area contributed by atoms with E-state index < -0.39 is 11.5 Å². The molecule has 0 saturated carbocycles. The van der Waals surface area contributed by atoms with Crippen LogP contribution in [0.15, 0.2) is 72.4 Å². The molecule has 0 atom stereocenters. The minimum Gasteiger partial charge on any atom is -0.493 e. The minimum atomic E-state index is -0.853. The first-order chi connectivity index (χ1) is 12.5. The molecule has 26 heavy (non-hydrogen) atoms. The number of fused-ring (bicyclic) bond motifs is 2. The summed E-state index contributed by atoms with van der Waals surface area (Å²) in [5.74, 6) is -1.08. The number of aromatic hydroxyl groups is 1. The van der Waals surface area contributed by atoms with Crippen LogP contribution in [0.3, 0.4) is 0 Å². The monoisotopic (exact) mass is 411 g/mol. The van der Waals surface area contributed by atoms with Crippen LogP contribution in [0.4, 0.5) is 5.69 Å². The largest absolute Gasteiger partial charge is 0.493 e. The quantitative estimate of drug-likeness (QED) is 0.369. The van der Waals surface area contributed by atoms with Crippen molar-refractivity contribution in [2.24, 2.45) is 10.2 Å². The van der Waals surface area contributed by atoms with Crippen LogP contribution in [-0.4, -0.2) is 16.0 Å². The van der Waals surface area contributed by atoms with Crippen molar-refractivity contribution in [1.29, 1.82) is 0 Å². The maximum atomic E-state index is 12.3. The van der Waals surface area contributed by atoms with Crippen LogP contribution in [0.1, 0.15) is 10.4 Å². The van der Waals surface area contributed by atoms with Crippen LogP contribution in [0, 0.1) is 0 Å². The van der Waals surface area contributed by atoms with E-state index in [1.165, 1.54) is 6.07 Å². The summed E-state index contributed by atoms with van der Waals surface area (Å²) >= 11 is 3.34. The zero-order valence-electron chi connectivity index (χ0n) is 13.1. The van der Waals surface area contributed by atoms with E-state index in [0.717, 1.165) is 4.47 Å². The SMILES string of the molecule is O=C(N=Nc1c(O)[nH]c2ccc(Br)cc12)c1cc2ccccc2oc1=O. The molecule has 128 valence electrons. The molecule has 0 spiro atoms. The number of benzene rings is 2. The van der Waals surface area contributed by atoms with Crippen LogP contribution < -0.4 is 5.63 Å². The molecule has 2 aromatic carbocycles. The van der Waals surface area contributed by atoms with Crippen LogP contribution in [-0.2, 0) is 0 Å². The molecule has 1 amide bonds. The molecule has 0 bridgehead atoms. The number of rotatable bonds is 2. The smallest absolute Gasteiger partial charge is 0.349 e. The van der Waals surface area contributed by atoms with E-state index in [-0.39, 0.29) is 17.1 Å². The predicted octanol–water partition coefficient (Wildman–Crippen LogP) is 4.67. The number of H-pyrrole nitrogens is 1. The molecule has 2 aromatic heterocycles. The van der Waals surface area contributed by atoms with Gasteiger partial charge in [0.1, 0.15) is 11.1 Å². The highest BCUT2D eigenvalue weighted by molar-refractivity contribution is 9.10. The number of nitrogens with one attached hydrogen (secondary N) is 1. The lowest BCUT2D eigenvalue weighted by molar-refractivity contribution is 0.0991. The fourth-order valence-electron chi connectivity index (χ4n) is 2.60. The Hall–Kier alpha value is -3.26. The Balaban J connectivity index is 1.75. The first-order valence-corrected chi connectivity index (χ1v) is 8.31. The molecule has 4 rings (SSSR count). The molecule has 4 aromatic rings. The summed E-state index contributed by atoms with van der Waals surface area (Å²) in [7, 11) is 0. The van der Waals surface area contributed by atoms with Crippen molar-refractivity contribution < 1.29 is 14.3 Å². The Morgan fingerprint density at radius 2 is 1.96 bits per heavy atom. The number of hydrogen-bond acceptors (Lipinski definition) is 5. The van der Waals surface area contributed by atoms with Gasteiger partial charge in [0, 0.05) is 15.2 Å². The molecule has 0 aliphatic carbocycles. The number of hydrogen-bond donors (Lipinski definition) is 2. The summed E-state index contributed by atoms with van der Waals surface area (Å²) in [4.78, 5) is 27.0. The van der Waals surface area contributed by atoms with Gasteiger partial charge in [0.2, 0.25) is 5.88 Å². The van der Waals surface area contributed by atoms with Gasteiger partial charge in [0.25, 0.3) is 0 Å². The van der Waals surface area contributed by atoms with Crippen LogP contribution in [0.5, 0.6) is 5.88 Å². The predicted molar refractivity (Wildman–Crippen MR) is 99.0 cm³/mol. The Morgan fingerprint density at radius 3 is 2.81 bits per heavy atom. The number of nitrogens with zero attached hydrogens (tertiary/aromatic N) is 2. The molecule has 8 heteroatoms. The van der Waals surface area contributed by atoms with Gasteiger partial charge in [-0.15, -0.1) is 10.2 Å². The molecule has 0 aliphatic heterocycles. The number of carbonyl (C=O) groups excluding carboxylic acids is 1. The van der Waals surface area contributed by atoms with Crippen molar-refractivity contribution >= 4 is 49.4 Å². The van der Waals surface area contributed by atoms with E-state index in [2.05, 4.69) is 31.1 Å². The van der Waals surface area contributed by atoms with Crippen LogP contribution >= 0.6 is 15.9 Å². The Labute approximate surface area is 154 Å². The van der Waals surface area contributed by atoms with Crippen LogP contribution in [0.25, 0.3) is 21.9 Å². The summed E-state index contributed by atoms with van der Waals surface area (Å²) in [6.45, 7) is 0. The number of aromatic amines is 1. The first-order valence-electron chi connectivity index (χ1n) is 7.52. The maximum absolute atomic E-state index is 12.3. The van der Waals surface area contributed by atoms with Gasteiger partial charge in [-0.2, -0.15) is 0 Å². The molecule has 2 heterocycles. The molecule has 7 nitrogen and oxygen atoms in total. The fraction of sp³-hybridized carbons (Fsp3) is 0. The van der Waals surface area contributed by atoms with Gasteiger partial charge in [-0.25, -0.2) is 4.79 Å². The maximum Gasteiger partial charge on any atom is 0.349 e. The molecule has 0 unspecified atom stereocenters. The molecular formula is C18H10BrN3O4. The van der Waals surface area contributed by atoms with Gasteiger partial charge in [0.05, 0.1) is 5.52 Å². The van der Waals surface area contributed by atoms with Gasteiger partial charge in [-0.1, -0.05) is 34.1 Å². The summed E-state index contributed by atoms with van der Waals surface area (Å²) in [5, 5.41) is 18.6. The average Bonchev–Trinajstić information content (AvgIpc) is 2.93. The van der Waals surface area contributed by atoms with Crippen molar-refractivity contribution in [3.05, 3.63) is 69.0 Å². The molecule has 0 saturated heterocycles. The summed E-state index contributed by atoms with van der Waals surface area (Å²) in [5.41, 5.74) is 0.105. The van der Waals surface area contributed by atoms with Gasteiger partial charge in [-0.3, -0.25) is 4.79 Å². The highest BCUT2D eigenvalue weighted by Gasteiger charge is 2.15. The van der Waals surface area contributed by atoms with E-state index in [1.54, 1.807) is 42.5 Å². The van der Waals surface area contributed by atoms with Crippen molar-refractivity contribution in [2.75, 3.05) is 0 Å². The Morgan fingerprint density at radius 1 is 1.15 bits per heavy atom.